The molecular formula is C20H18FNOS. The third-order valence-electron chi connectivity index (χ3n) is 4.69. The molecule has 4 heteroatoms. The molecule has 0 radical (unpaired) electrons. The van der Waals surface area contributed by atoms with Crippen LogP contribution in [0.2, 0.25) is 0 Å². The minimum Gasteiger partial charge on any atom is -0.307 e. The van der Waals surface area contributed by atoms with E-state index in [2.05, 4.69) is 19.1 Å². The van der Waals surface area contributed by atoms with Gasteiger partial charge in [-0.2, -0.15) is 0 Å². The van der Waals surface area contributed by atoms with Gasteiger partial charge in [0.2, 0.25) is 0 Å². The fraction of sp³-hybridized carbons (Fsp3) is 0.250. The van der Waals surface area contributed by atoms with E-state index in [1.807, 2.05) is 17.9 Å². The maximum atomic E-state index is 13.5. The Balaban J connectivity index is 1.79. The van der Waals surface area contributed by atoms with Crippen LogP contribution in [0.3, 0.4) is 0 Å². The third kappa shape index (κ3) is 2.42. The number of fused-ring (bicyclic) bond motifs is 2. The zero-order valence-electron chi connectivity index (χ0n) is 13.7. The van der Waals surface area contributed by atoms with Crippen LogP contribution >= 0.6 is 11.3 Å². The minimum absolute atomic E-state index is 0.0268. The summed E-state index contributed by atoms with van der Waals surface area (Å²) in [5, 5.41) is 0.964. The number of aryl methyl sites for hydroxylation is 3. The minimum atomic E-state index is -0.262. The van der Waals surface area contributed by atoms with Gasteiger partial charge in [0, 0.05) is 16.9 Å². The van der Waals surface area contributed by atoms with Gasteiger partial charge in [-0.25, -0.2) is 4.39 Å². The van der Waals surface area contributed by atoms with Crippen LogP contribution in [0.4, 0.5) is 10.1 Å². The fourth-order valence-corrected chi connectivity index (χ4v) is 4.65. The summed E-state index contributed by atoms with van der Waals surface area (Å²) < 4.78 is 14.3. The Morgan fingerprint density at radius 2 is 2.00 bits per heavy atom. The number of halogens is 1. The lowest BCUT2D eigenvalue weighted by Gasteiger charge is -2.29. The predicted molar refractivity (Wildman–Crippen MR) is 97.7 cm³/mol. The van der Waals surface area contributed by atoms with Crippen molar-refractivity contribution in [1.29, 1.82) is 0 Å². The lowest BCUT2D eigenvalue weighted by Crippen LogP contribution is -2.35. The number of amides is 1. The summed E-state index contributed by atoms with van der Waals surface area (Å²) in [5.41, 5.74) is 4.41. The first-order valence-electron chi connectivity index (χ1n) is 8.14. The van der Waals surface area contributed by atoms with Crippen LogP contribution < -0.4 is 4.90 Å². The summed E-state index contributed by atoms with van der Waals surface area (Å²) >= 11 is 1.39. The Morgan fingerprint density at radius 3 is 2.83 bits per heavy atom. The van der Waals surface area contributed by atoms with Crippen molar-refractivity contribution >= 4 is 33.0 Å². The molecule has 1 amide bonds. The number of nitrogens with zero attached hydrogens (tertiary/aromatic N) is 1. The summed E-state index contributed by atoms with van der Waals surface area (Å²) in [6.45, 7) is 4.76. The van der Waals surface area contributed by atoms with Crippen molar-refractivity contribution in [1.82, 2.24) is 0 Å². The van der Waals surface area contributed by atoms with Crippen LogP contribution in [0, 0.1) is 19.7 Å². The summed E-state index contributed by atoms with van der Waals surface area (Å²) in [6, 6.07) is 11.0. The number of benzene rings is 2. The maximum absolute atomic E-state index is 13.5. The maximum Gasteiger partial charge on any atom is 0.268 e. The van der Waals surface area contributed by atoms with Gasteiger partial charge in [-0.1, -0.05) is 23.8 Å². The van der Waals surface area contributed by atoms with Crippen molar-refractivity contribution < 1.29 is 9.18 Å². The zero-order valence-corrected chi connectivity index (χ0v) is 14.5. The first kappa shape index (κ1) is 15.3. The molecule has 0 atom stereocenters. The fourth-order valence-electron chi connectivity index (χ4n) is 3.46. The van der Waals surface area contributed by atoms with Gasteiger partial charge in [0.1, 0.15) is 5.82 Å². The number of thiophene rings is 1. The molecule has 2 aromatic carbocycles. The van der Waals surface area contributed by atoms with E-state index in [4.69, 9.17) is 0 Å². The predicted octanol–water partition coefficient (Wildman–Crippen LogP) is 5.25. The van der Waals surface area contributed by atoms with E-state index in [1.165, 1.54) is 34.6 Å². The molecule has 1 aliphatic rings. The van der Waals surface area contributed by atoms with Gasteiger partial charge >= 0.3 is 0 Å². The molecule has 0 fully saturated rings. The van der Waals surface area contributed by atoms with E-state index in [0.717, 1.165) is 40.7 Å². The van der Waals surface area contributed by atoms with E-state index in [9.17, 15) is 9.18 Å². The number of anilines is 1. The molecule has 0 saturated heterocycles. The van der Waals surface area contributed by atoms with Crippen molar-refractivity contribution in [3.05, 3.63) is 63.8 Å². The van der Waals surface area contributed by atoms with Crippen molar-refractivity contribution in [3.63, 3.8) is 0 Å². The molecule has 1 aromatic heterocycles. The molecule has 4 rings (SSSR count). The lowest BCUT2D eigenvalue weighted by molar-refractivity contribution is 0.0988. The van der Waals surface area contributed by atoms with E-state index >= 15 is 0 Å². The Labute approximate surface area is 144 Å². The largest absolute Gasteiger partial charge is 0.307 e. The van der Waals surface area contributed by atoms with E-state index in [0.29, 0.717) is 4.88 Å². The average molecular weight is 339 g/mol. The van der Waals surface area contributed by atoms with Crippen LogP contribution in [0.15, 0.2) is 36.4 Å². The molecule has 2 heterocycles. The van der Waals surface area contributed by atoms with Crippen LogP contribution in [-0.2, 0) is 6.42 Å². The third-order valence-corrected chi connectivity index (χ3v) is 5.94. The van der Waals surface area contributed by atoms with Gasteiger partial charge in [-0.3, -0.25) is 4.79 Å². The molecule has 0 unspecified atom stereocenters. The zero-order chi connectivity index (χ0) is 16.8. The average Bonchev–Trinajstić information content (AvgIpc) is 2.89. The second-order valence-corrected chi connectivity index (χ2v) is 7.44. The summed E-state index contributed by atoms with van der Waals surface area (Å²) in [5.74, 6) is -0.236. The summed E-state index contributed by atoms with van der Waals surface area (Å²) in [7, 11) is 0. The van der Waals surface area contributed by atoms with Crippen molar-refractivity contribution in [2.24, 2.45) is 0 Å². The van der Waals surface area contributed by atoms with E-state index in [1.54, 1.807) is 6.07 Å². The van der Waals surface area contributed by atoms with Gasteiger partial charge in [0.25, 0.3) is 5.91 Å². The second kappa shape index (κ2) is 5.71. The quantitative estimate of drug-likeness (QED) is 0.593. The van der Waals surface area contributed by atoms with Crippen LogP contribution in [-0.4, -0.2) is 12.5 Å². The van der Waals surface area contributed by atoms with Gasteiger partial charge in [-0.15, -0.1) is 11.3 Å². The number of hydrogen-bond donors (Lipinski definition) is 0. The van der Waals surface area contributed by atoms with Crippen LogP contribution in [0.25, 0.3) is 10.1 Å². The van der Waals surface area contributed by atoms with Crippen molar-refractivity contribution in [2.75, 3.05) is 11.4 Å². The number of carbonyl (C=O) groups is 1. The molecule has 0 bridgehead atoms. The first-order valence-corrected chi connectivity index (χ1v) is 8.96. The topological polar surface area (TPSA) is 20.3 Å². The molecule has 2 nitrogen and oxygen atoms in total. The molecule has 0 spiro atoms. The second-order valence-electron chi connectivity index (χ2n) is 6.39. The highest BCUT2D eigenvalue weighted by Gasteiger charge is 2.26. The number of carbonyl (C=O) groups excluding carboxylic acids is 1. The first-order chi connectivity index (χ1) is 11.5. The molecule has 122 valence electrons. The monoisotopic (exact) mass is 339 g/mol. The van der Waals surface area contributed by atoms with Crippen LogP contribution in [0.1, 0.15) is 32.8 Å². The standard InChI is InChI=1S/C20H18FNOS/c1-12-5-8-17-14(10-12)4-3-9-22(17)20(23)19-13(2)16-7-6-15(21)11-18(16)24-19/h5-8,10-11H,3-4,9H2,1-2H3. The van der Waals surface area contributed by atoms with Crippen molar-refractivity contribution in [3.8, 4) is 0 Å². The Hall–Kier alpha value is -2.20. The van der Waals surface area contributed by atoms with Gasteiger partial charge < -0.3 is 4.90 Å². The lowest BCUT2D eigenvalue weighted by atomic mass is 9.99. The Morgan fingerprint density at radius 1 is 1.17 bits per heavy atom. The number of rotatable bonds is 1. The summed E-state index contributed by atoms with van der Waals surface area (Å²) in [4.78, 5) is 15.8. The molecule has 24 heavy (non-hydrogen) atoms. The highest BCUT2D eigenvalue weighted by molar-refractivity contribution is 7.21. The Bertz CT molecular complexity index is 960. The summed E-state index contributed by atoms with van der Waals surface area (Å²) in [6.07, 6.45) is 1.98. The SMILES string of the molecule is Cc1ccc2c(c1)CCCN2C(=O)c1sc2cc(F)ccc2c1C. The Kier molecular flexibility index (Phi) is 3.65. The van der Waals surface area contributed by atoms with Gasteiger partial charge in [0.15, 0.2) is 0 Å². The smallest absolute Gasteiger partial charge is 0.268 e. The number of hydrogen-bond acceptors (Lipinski definition) is 2. The molecule has 1 aliphatic heterocycles. The van der Waals surface area contributed by atoms with E-state index < -0.39 is 0 Å². The van der Waals surface area contributed by atoms with Gasteiger partial charge in [0.05, 0.1) is 4.88 Å². The van der Waals surface area contributed by atoms with Gasteiger partial charge in [-0.05, 0) is 61.4 Å². The van der Waals surface area contributed by atoms with E-state index in [-0.39, 0.29) is 11.7 Å². The molecule has 0 aliphatic carbocycles. The molecule has 3 aromatic rings. The van der Waals surface area contributed by atoms with Crippen molar-refractivity contribution in [2.45, 2.75) is 26.7 Å². The molecular weight excluding hydrogens is 321 g/mol. The highest BCUT2D eigenvalue weighted by atomic mass is 32.1. The normalized spacial score (nSPS) is 14.0. The highest BCUT2D eigenvalue weighted by Crippen LogP contribution is 2.35. The van der Waals surface area contributed by atoms with Crippen LogP contribution in [0.5, 0.6) is 0 Å². The molecule has 0 N–H and O–H groups in total. The molecule has 0 saturated carbocycles.